The van der Waals surface area contributed by atoms with Crippen LogP contribution in [0.1, 0.15) is 17.3 Å². The molecule has 0 saturated carbocycles. The third kappa shape index (κ3) is 6.08. The molecule has 0 radical (unpaired) electrons. The van der Waals surface area contributed by atoms with Crippen molar-refractivity contribution in [2.24, 2.45) is 0 Å². The molecule has 4 rings (SSSR count). The van der Waals surface area contributed by atoms with Crippen LogP contribution < -0.4 is 35.5 Å². The molecule has 1 amide bonds. The van der Waals surface area contributed by atoms with Gasteiger partial charge in [-0.25, -0.2) is 0 Å². The van der Waals surface area contributed by atoms with Gasteiger partial charge in [0.05, 0.1) is 17.7 Å². The number of hydrogen-bond acceptors (Lipinski definition) is 7. The molecule has 2 atom stereocenters. The fraction of sp³-hybridized carbons (Fsp3) is 0.192. The summed E-state index contributed by atoms with van der Waals surface area (Å²) in [5.74, 6) is 2.26. The van der Waals surface area contributed by atoms with Crippen LogP contribution in [0.3, 0.4) is 0 Å². The maximum absolute atomic E-state index is 12.9. The number of likely N-dealkylation sites (N-methyl/N-ethyl adjacent to an activating group) is 1. The summed E-state index contributed by atoms with van der Waals surface area (Å²) in [6, 6.07) is 12.9. The smallest absolute Gasteiger partial charge is 0.261 e. The zero-order valence-corrected chi connectivity index (χ0v) is 22.4. The average molecular weight is 522 g/mol. The van der Waals surface area contributed by atoms with Crippen LogP contribution in [0.15, 0.2) is 61.1 Å². The van der Waals surface area contributed by atoms with Crippen LogP contribution in [0.25, 0.3) is 10.9 Å². The van der Waals surface area contributed by atoms with Crippen LogP contribution in [0, 0.1) is 0 Å². The Morgan fingerprint density at radius 2 is 1.78 bits per heavy atom. The Morgan fingerprint density at radius 1 is 1.00 bits per heavy atom. The minimum atomic E-state index is -0.304. The van der Waals surface area contributed by atoms with Gasteiger partial charge >= 0.3 is 0 Å². The molecule has 186 valence electrons. The zero-order valence-electron chi connectivity index (χ0n) is 20.1. The van der Waals surface area contributed by atoms with Crippen molar-refractivity contribution in [1.82, 2.24) is 15.3 Å². The molecule has 4 aromatic rings. The van der Waals surface area contributed by atoms with Crippen molar-refractivity contribution in [3.63, 3.8) is 0 Å². The summed E-state index contributed by atoms with van der Waals surface area (Å²) in [6.07, 6.45) is 4.79. The largest absolute Gasteiger partial charge is 0.493 e. The second-order valence-electron chi connectivity index (χ2n) is 7.78. The SMILES string of the molecule is CCOc1ccncc1C(=O)Nc1cc(P)c(Oc2ccnc3cc(OCCNC)ccc23)c(P)c1. The number of rotatable bonds is 10. The Labute approximate surface area is 214 Å². The first-order valence-electron chi connectivity index (χ1n) is 11.4. The Kier molecular flexibility index (Phi) is 8.65. The molecular weight excluding hydrogens is 494 g/mol. The Balaban J connectivity index is 1.55. The van der Waals surface area contributed by atoms with E-state index in [9.17, 15) is 4.79 Å². The summed E-state index contributed by atoms with van der Waals surface area (Å²) in [7, 11) is 7.22. The number of anilines is 1. The highest BCUT2D eigenvalue weighted by molar-refractivity contribution is 7.30. The van der Waals surface area contributed by atoms with Crippen molar-refractivity contribution < 1.29 is 19.0 Å². The number of amides is 1. The van der Waals surface area contributed by atoms with Crippen LogP contribution in [-0.4, -0.2) is 42.7 Å². The molecule has 8 nitrogen and oxygen atoms in total. The number of aromatic nitrogens is 2. The van der Waals surface area contributed by atoms with Crippen molar-refractivity contribution in [1.29, 1.82) is 0 Å². The monoisotopic (exact) mass is 522 g/mol. The normalized spacial score (nSPS) is 10.8. The number of benzene rings is 2. The molecule has 10 heteroatoms. The van der Waals surface area contributed by atoms with Crippen molar-refractivity contribution in [2.75, 3.05) is 32.1 Å². The molecule has 0 bridgehead atoms. The van der Waals surface area contributed by atoms with E-state index < -0.39 is 0 Å². The second kappa shape index (κ2) is 12.1. The summed E-state index contributed by atoms with van der Waals surface area (Å²) in [5.41, 5.74) is 1.76. The number of hydrogen-bond donors (Lipinski definition) is 2. The van der Waals surface area contributed by atoms with Crippen LogP contribution in [0.5, 0.6) is 23.0 Å². The lowest BCUT2D eigenvalue weighted by Gasteiger charge is -2.16. The molecule has 2 aromatic heterocycles. The highest BCUT2D eigenvalue weighted by Gasteiger charge is 2.16. The number of pyridine rings is 2. The molecular formula is C26H28N4O4P2. The lowest BCUT2D eigenvalue weighted by Crippen LogP contribution is -2.17. The van der Waals surface area contributed by atoms with Gasteiger partial charge in [-0.2, -0.15) is 0 Å². The molecule has 2 aromatic carbocycles. The van der Waals surface area contributed by atoms with Gasteiger partial charge in [-0.05, 0) is 50.4 Å². The third-order valence-corrected chi connectivity index (χ3v) is 6.09. The summed E-state index contributed by atoms with van der Waals surface area (Å²) in [4.78, 5) is 21.4. The summed E-state index contributed by atoms with van der Waals surface area (Å²) >= 11 is 0. The van der Waals surface area contributed by atoms with Crippen molar-refractivity contribution >= 4 is 51.6 Å². The predicted molar refractivity (Wildman–Crippen MR) is 150 cm³/mol. The fourth-order valence-corrected chi connectivity index (χ4v) is 4.53. The molecule has 2 heterocycles. The number of carbonyl (C=O) groups excluding carboxylic acids is 1. The highest BCUT2D eigenvalue weighted by Crippen LogP contribution is 2.31. The first-order valence-corrected chi connectivity index (χ1v) is 12.6. The molecule has 0 spiro atoms. The van der Waals surface area contributed by atoms with Crippen molar-refractivity contribution in [3.05, 3.63) is 66.6 Å². The van der Waals surface area contributed by atoms with E-state index in [1.807, 2.05) is 50.4 Å². The molecule has 2 N–H and O–H groups in total. The zero-order chi connectivity index (χ0) is 25.5. The minimum Gasteiger partial charge on any atom is -0.493 e. The Hall–Kier alpha value is -3.31. The molecule has 0 aliphatic rings. The van der Waals surface area contributed by atoms with E-state index in [0.717, 1.165) is 33.8 Å². The molecule has 36 heavy (non-hydrogen) atoms. The van der Waals surface area contributed by atoms with Crippen LogP contribution in [0.4, 0.5) is 5.69 Å². The van der Waals surface area contributed by atoms with E-state index >= 15 is 0 Å². The average Bonchev–Trinajstić information content (AvgIpc) is 2.87. The molecule has 0 aliphatic heterocycles. The fourth-order valence-electron chi connectivity index (χ4n) is 3.56. The first kappa shape index (κ1) is 25.8. The minimum absolute atomic E-state index is 0.304. The number of ether oxygens (including phenoxy) is 3. The van der Waals surface area contributed by atoms with E-state index in [1.165, 1.54) is 6.20 Å². The summed E-state index contributed by atoms with van der Waals surface area (Å²) < 4.78 is 17.6. The van der Waals surface area contributed by atoms with Gasteiger partial charge in [0.2, 0.25) is 0 Å². The van der Waals surface area contributed by atoms with Gasteiger partial charge in [0.1, 0.15) is 29.6 Å². The van der Waals surface area contributed by atoms with E-state index in [0.29, 0.717) is 41.7 Å². The van der Waals surface area contributed by atoms with Gasteiger partial charge in [-0.15, -0.1) is 18.5 Å². The predicted octanol–water partition coefficient (Wildman–Crippen LogP) is 3.67. The van der Waals surface area contributed by atoms with Gasteiger partial charge in [0.25, 0.3) is 5.91 Å². The number of carbonyl (C=O) groups is 1. The number of nitrogens with one attached hydrogen (secondary N) is 2. The summed E-state index contributed by atoms with van der Waals surface area (Å²) in [6.45, 7) is 3.65. The Morgan fingerprint density at radius 3 is 2.53 bits per heavy atom. The highest BCUT2D eigenvalue weighted by atomic mass is 31.0. The lowest BCUT2D eigenvalue weighted by atomic mass is 10.2. The maximum Gasteiger partial charge on any atom is 0.261 e. The summed E-state index contributed by atoms with van der Waals surface area (Å²) in [5, 5.41) is 8.41. The quantitative estimate of drug-likeness (QED) is 0.243. The van der Waals surface area contributed by atoms with Gasteiger partial charge < -0.3 is 24.8 Å². The molecule has 0 saturated heterocycles. The topological polar surface area (TPSA) is 94.6 Å². The Bertz CT molecular complexity index is 1360. The van der Waals surface area contributed by atoms with Gasteiger partial charge in [0.15, 0.2) is 0 Å². The standard InChI is InChI=1S/C26H28N4O4P2/c1-3-32-21-6-8-28-15-19(21)26(31)30-16-12-23(35)25(24(36)13-16)34-22-7-9-29-20-14-17(4-5-18(20)22)33-11-10-27-2/h4-9,12-15,27H,3,10-11,35-36H2,1-2H3,(H,30,31). The first-order chi connectivity index (χ1) is 17.5. The lowest BCUT2D eigenvalue weighted by molar-refractivity contribution is 0.102. The number of fused-ring (bicyclic) bond motifs is 1. The maximum atomic E-state index is 12.9. The number of nitrogens with zero attached hydrogens (tertiary/aromatic N) is 2. The van der Waals surface area contributed by atoms with Gasteiger partial charge in [0, 0.05) is 52.9 Å². The van der Waals surface area contributed by atoms with E-state index in [1.54, 1.807) is 18.5 Å². The van der Waals surface area contributed by atoms with E-state index in [4.69, 9.17) is 14.2 Å². The van der Waals surface area contributed by atoms with Crippen molar-refractivity contribution in [2.45, 2.75) is 6.92 Å². The second-order valence-corrected chi connectivity index (χ2v) is 9.03. The van der Waals surface area contributed by atoms with E-state index in [2.05, 4.69) is 39.1 Å². The van der Waals surface area contributed by atoms with Crippen molar-refractivity contribution in [3.8, 4) is 23.0 Å². The van der Waals surface area contributed by atoms with Crippen LogP contribution in [-0.2, 0) is 0 Å². The molecule has 0 aliphatic carbocycles. The molecule has 0 fully saturated rings. The van der Waals surface area contributed by atoms with Crippen LogP contribution in [0.2, 0.25) is 0 Å². The van der Waals surface area contributed by atoms with E-state index in [-0.39, 0.29) is 5.91 Å². The van der Waals surface area contributed by atoms with Gasteiger partial charge in [-0.3, -0.25) is 14.8 Å². The van der Waals surface area contributed by atoms with Gasteiger partial charge in [-0.1, -0.05) is 0 Å². The third-order valence-electron chi connectivity index (χ3n) is 5.24. The van der Waals surface area contributed by atoms with Crippen LogP contribution >= 0.6 is 18.5 Å². The molecule has 2 unspecified atom stereocenters.